The van der Waals surface area contributed by atoms with Crippen molar-refractivity contribution in [2.24, 2.45) is 4.99 Å². The van der Waals surface area contributed by atoms with Gasteiger partial charge in [-0.1, -0.05) is 17.8 Å². The van der Waals surface area contributed by atoms with Crippen molar-refractivity contribution in [3.05, 3.63) is 12.7 Å². The number of aliphatic imine (C=N–C) groups is 1. The summed E-state index contributed by atoms with van der Waals surface area (Å²) in [6, 6.07) is -0.209. The lowest BCUT2D eigenvalue weighted by Crippen LogP contribution is -2.37. The van der Waals surface area contributed by atoms with E-state index in [1.165, 1.54) is 11.8 Å². The number of carboxylic acids is 1. The Hall–Kier alpha value is -1.39. The van der Waals surface area contributed by atoms with E-state index in [1.807, 2.05) is 0 Å². The van der Waals surface area contributed by atoms with Crippen LogP contribution in [0.1, 0.15) is 0 Å². The highest BCUT2D eigenvalue weighted by atomic mass is 32.2. The summed E-state index contributed by atoms with van der Waals surface area (Å²) in [7, 11) is -3.06. The number of hydrogen-bond acceptors (Lipinski definition) is 6. The number of ether oxygens (including phenoxy) is 1. The minimum absolute atomic E-state index is 0.0429. The van der Waals surface area contributed by atoms with Gasteiger partial charge in [-0.25, -0.2) is 13.2 Å². The average Bonchev–Trinajstić information content (AvgIpc) is 2.83. The number of rotatable bonds is 6. The molecule has 0 saturated carbocycles. The largest absolute Gasteiger partial charge is 0.480 e. The summed E-state index contributed by atoms with van der Waals surface area (Å²) in [5, 5.41) is 8.72. The van der Waals surface area contributed by atoms with Crippen LogP contribution in [0.3, 0.4) is 0 Å². The summed E-state index contributed by atoms with van der Waals surface area (Å²) >= 11 is 1.26. The number of sulfone groups is 1. The maximum atomic E-state index is 11.7. The number of amidine groups is 1. The van der Waals surface area contributed by atoms with E-state index in [4.69, 9.17) is 5.11 Å². The highest BCUT2D eigenvalue weighted by molar-refractivity contribution is 8.15. The summed E-state index contributed by atoms with van der Waals surface area (Å²) in [5.74, 6) is -1.65. The molecule has 0 bridgehead atoms. The summed E-state index contributed by atoms with van der Waals surface area (Å²) in [5.41, 5.74) is 0. The number of carbonyl (C=O) groups is 2. The van der Waals surface area contributed by atoms with Crippen molar-refractivity contribution < 1.29 is 27.9 Å². The van der Waals surface area contributed by atoms with Gasteiger partial charge in [-0.15, -0.1) is 6.58 Å². The Morgan fingerprint density at radius 2 is 2.18 bits per heavy atom. The molecule has 2 saturated heterocycles. The maximum absolute atomic E-state index is 11.7. The van der Waals surface area contributed by atoms with Crippen molar-refractivity contribution in [2.75, 3.05) is 31.3 Å². The standard InChI is InChI=1S/C12H16N2O6S2/c1-2-3-14-8-6-22(18,19)7-9(8)21-12(14)13-10(15)4-20-5-11(16)17/h2,8-9H,1,3-7H2,(H,16,17)/t8-,9-/m0/s1. The molecule has 22 heavy (non-hydrogen) atoms. The Bertz CT molecular complexity index is 615. The Morgan fingerprint density at radius 3 is 2.82 bits per heavy atom. The molecule has 2 fully saturated rings. The number of fused-ring (bicyclic) bond motifs is 1. The first-order chi connectivity index (χ1) is 10.3. The van der Waals surface area contributed by atoms with Gasteiger partial charge < -0.3 is 14.7 Å². The van der Waals surface area contributed by atoms with E-state index in [0.29, 0.717) is 11.7 Å². The zero-order chi connectivity index (χ0) is 16.3. The highest BCUT2D eigenvalue weighted by Crippen LogP contribution is 2.37. The van der Waals surface area contributed by atoms with Crippen LogP contribution in [0.2, 0.25) is 0 Å². The lowest BCUT2D eigenvalue weighted by molar-refractivity contribution is -0.143. The molecule has 2 heterocycles. The summed E-state index contributed by atoms with van der Waals surface area (Å²) in [4.78, 5) is 27.7. The van der Waals surface area contributed by atoms with Gasteiger partial charge in [0.2, 0.25) is 0 Å². The minimum Gasteiger partial charge on any atom is -0.480 e. The minimum atomic E-state index is -3.06. The van der Waals surface area contributed by atoms with Crippen LogP contribution in [-0.4, -0.2) is 78.0 Å². The normalized spacial score (nSPS) is 27.8. The lowest BCUT2D eigenvalue weighted by Gasteiger charge is -2.22. The number of amides is 1. The van der Waals surface area contributed by atoms with Gasteiger partial charge in [0.25, 0.3) is 5.91 Å². The smallest absolute Gasteiger partial charge is 0.329 e. The summed E-state index contributed by atoms with van der Waals surface area (Å²) < 4.78 is 28.0. The van der Waals surface area contributed by atoms with Gasteiger partial charge in [-0.05, 0) is 0 Å². The molecule has 0 radical (unpaired) electrons. The third-order valence-corrected chi connectivity index (χ3v) is 6.42. The van der Waals surface area contributed by atoms with Crippen molar-refractivity contribution in [3.63, 3.8) is 0 Å². The first-order valence-corrected chi connectivity index (χ1v) is 9.18. The summed E-state index contributed by atoms with van der Waals surface area (Å²) in [6.45, 7) is 3.03. The molecular weight excluding hydrogens is 332 g/mol. The Kier molecular flexibility index (Phi) is 5.24. The number of hydrogen-bond donors (Lipinski definition) is 1. The first kappa shape index (κ1) is 17.0. The molecule has 0 spiro atoms. The molecule has 1 amide bonds. The first-order valence-electron chi connectivity index (χ1n) is 6.48. The zero-order valence-corrected chi connectivity index (χ0v) is 13.3. The van der Waals surface area contributed by atoms with Crippen LogP contribution in [0.5, 0.6) is 0 Å². The predicted octanol–water partition coefficient (Wildman–Crippen LogP) is -0.629. The van der Waals surface area contributed by atoms with Gasteiger partial charge in [0, 0.05) is 11.8 Å². The van der Waals surface area contributed by atoms with Crippen molar-refractivity contribution >= 4 is 38.6 Å². The average molecular weight is 348 g/mol. The third kappa shape index (κ3) is 4.08. The van der Waals surface area contributed by atoms with E-state index in [1.54, 1.807) is 11.0 Å². The van der Waals surface area contributed by atoms with Crippen LogP contribution in [-0.2, 0) is 24.2 Å². The summed E-state index contributed by atoms with van der Waals surface area (Å²) in [6.07, 6.45) is 1.62. The van der Waals surface area contributed by atoms with Crippen molar-refractivity contribution in [3.8, 4) is 0 Å². The molecule has 0 aromatic heterocycles. The lowest BCUT2D eigenvalue weighted by atomic mass is 10.2. The molecule has 10 heteroatoms. The number of aliphatic carboxylic acids is 1. The monoisotopic (exact) mass is 348 g/mol. The van der Waals surface area contributed by atoms with Crippen LogP contribution in [0, 0.1) is 0 Å². The Morgan fingerprint density at radius 1 is 1.45 bits per heavy atom. The maximum Gasteiger partial charge on any atom is 0.329 e. The second-order valence-corrected chi connectivity index (χ2v) is 8.28. The SMILES string of the molecule is C=CCN1C(=NC(=O)COCC(=O)O)S[C@H]2CS(=O)(=O)C[C@@H]21. The second-order valence-electron chi connectivity index (χ2n) is 4.92. The van der Waals surface area contributed by atoms with E-state index < -0.39 is 34.9 Å². The fourth-order valence-corrected chi connectivity index (χ4v) is 6.33. The van der Waals surface area contributed by atoms with Crippen LogP contribution in [0.15, 0.2) is 17.6 Å². The van der Waals surface area contributed by atoms with Gasteiger partial charge in [0.05, 0.1) is 17.5 Å². The van der Waals surface area contributed by atoms with Crippen molar-refractivity contribution in [1.82, 2.24) is 4.90 Å². The van der Waals surface area contributed by atoms with E-state index in [0.717, 1.165) is 0 Å². The van der Waals surface area contributed by atoms with E-state index >= 15 is 0 Å². The van der Waals surface area contributed by atoms with Crippen molar-refractivity contribution in [2.45, 2.75) is 11.3 Å². The fraction of sp³-hybridized carbons (Fsp3) is 0.583. The number of carbonyl (C=O) groups excluding carboxylic acids is 1. The molecule has 2 aliphatic rings. The predicted molar refractivity (Wildman–Crippen MR) is 81.6 cm³/mol. The molecule has 0 unspecified atom stereocenters. The second kappa shape index (κ2) is 6.80. The van der Waals surface area contributed by atoms with Gasteiger partial charge in [0.15, 0.2) is 15.0 Å². The van der Waals surface area contributed by atoms with Gasteiger partial charge in [-0.3, -0.25) is 4.79 Å². The molecule has 2 aliphatic heterocycles. The molecule has 0 aromatic rings. The number of carboxylic acid groups (broad SMARTS) is 1. The van der Waals surface area contributed by atoms with E-state index in [-0.39, 0.29) is 22.8 Å². The molecular formula is C12H16N2O6S2. The van der Waals surface area contributed by atoms with Gasteiger partial charge in [0.1, 0.15) is 13.2 Å². The van der Waals surface area contributed by atoms with Gasteiger partial charge >= 0.3 is 5.97 Å². The van der Waals surface area contributed by atoms with Gasteiger partial charge in [-0.2, -0.15) is 4.99 Å². The topological polar surface area (TPSA) is 113 Å². The van der Waals surface area contributed by atoms with Crippen LogP contribution in [0.25, 0.3) is 0 Å². The van der Waals surface area contributed by atoms with Crippen LogP contribution >= 0.6 is 11.8 Å². The molecule has 122 valence electrons. The van der Waals surface area contributed by atoms with Crippen LogP contribution < -0.4 is 0 Å². The molecule has 0 aromatic carbocycles. The van der Waals surface area contributed by atoms with E-state index in [2.05, 4.69) is 16.3 Å². The number of thioether (sulfide) groups is 1. The zero-order valence-electron chi connectivity index (χ0n) is 11.7. The van der Waals surface area contributed by atoms with E-state index in [9.17, 15) is 18.0 Å². The highest BCUT2D eigenvalue weighted by Gasteiger charge is 2.48. The Labute approximate surface area is 132 Å². The molecule has 0 aliphatic carbocycles. The molecule has 8 nitrogen and oxygen atoms in total. The Balaban J connectivity index is 2.04. The molecule has 1 N–H and O–H groups in total. The quantitative estimate of drug-likeness (QED) is 0.631. The van der Waals surface area contributed by atoms with Crippen molar-refractivity contribution in [1.29, 1.82) is 0 Å². The van der Waals surface area contributed by atoms with Crippen LogP contribution in [0.4, 0.5) is 0 Å². The fourth-order valence-electron chi connectivity index (χ4n) is 2.35. The number of nitrogens with zero attached hydrogens (tertiary/aromatic N) is 2. The molecule has 2 rings (SSSR count). The molecule has 2 atom stereocenters. The third-order valence-electron chi connectivity index (χ3n) is 3.17.